The number of hydrogen-bond acceptors (Lipinski definition) is 2. The lowest BCUT2D eigenvalue weighted by atomic mass is 10.1. The molecule has 0 bridgehead atoms. The Balaban J connectivity index is 2.46. The van der Waals surface area contributed by atoms with Gasteiger partial charge in [-0.15, -0.1) is 0 Å². The number of nitrogens with zero attached hydrogens (tertiary/aromatic N) is 2. The second-order valence-corrected chi connectivity index (χ2v) is 3.24. The Morgan fingerprint density at radius 3 is 2.93 bits per heavy atom. The molecular weight excluding hydrogens is 176 g/mol. The monoisotopic (exact) mass is 188 g/mol. The zero-order valence-corrected chi connectivity index (χ0v) is 8.01. The maximum absolute atomic E-state index is 9.12. The lowest BCUT2D eigenvalue weighted by molar-refractivity contribution is 0.281. The zero-order valence-electron chi connectivity index (χ0n) is 8.01. The van der Waals surface area contributed by atoms with Gasteiger partial charge in [0, 0.05) is 18.1 Å². The van der Waals surface area contributed by atoms with Crippen molar-refractivity contribution in [3.8, 4) is 5.69 Å². The van der Waals surface area contributed by atoms with E-state index in [0.29, 0.717) is 0 Å². The maximum Gasteiger partial charge on any atom is 0.0991 e. The van der Waals surface area contributed by atoms with E-state index in [-0.39, 0.29) is 6.61 Å². The van der Waals surface area contributed by atoms with E-state index >= 15 is 0 Å². The highest BCUT2D eigenvalue weighted by Crippen LogP contribution is 2.14. The van der Waals surface area contributed by atoms with E-state index in [2.05, 4.69) is 4.98 Å². The molecule has 0 unspecified atom stereocenters. The largest absolute Gasteiger partial charge is 0.392 e. The third-order valence-corrected chi connectivity index (χ3v) is 2.31. The van der Waals surface area contributed by atoms with Crippen LogP contribution in [-0.4, -0.2) is 14.7 Å². The molecule has 72 valence electrons. The van der Waals surface area contributed by atoms with Gasteiger partial charge in [-0.25, -0.2) is 4.98 Å². The minimum absolute atomic E-state index is 0.0777. The van der Waals surface area contributed by atoms with Gasteiger partial charge < -0.3 is 9.67 Å². The summed E-state index contributed by atoms with van der Waals surface area (Å²) in [5, 5.41) is 9.12. The summed E-state index contributed by atoms with van der Waals surface area (Å²) in [6.45, 7) is 2.07. The standard InChI is InChI=1S/C11H12N2O/c1-9-2-3-11(6-10(9)7-14)13-5-4-12-8-13/h2-6,8,14H,7H2,1H3. The van der Waals surface area contributed by atoms with E-state index in [1.807, 2.05) is 35.9 Å². The van der Waals surface area contributed by atoms with Gasteiger partial charge in [0.25, 0.3) is 0 Å². The summed E-state index contributed by atoms with van der Waals surface area (Å²) in [4.78, 5) is 3.98. The topological polar surface area (TPSA) is 38.0 Å². The Morgan fingerprint density at radius 1 is 1.43 bits per heavy atom. The van der Waals surface area contributed by atoms with Crippen LogP contribution in [0.2, 0.25) is 0 Å². The lowest BCUT2D eigenvalue weighted by Gasteiger charge is -2.06. The number of hydrogen-bond donors (Lipinski definition) is 1. The first-order valence-electron chi connectivity index (χ1n) is 4.50. The number of benzene rings is 1. The van der Waals surface area contributed by atoms with E-state index in [0.717, 1.165) is 16.8 Å². The minimum atomic E-state index is 0.0777. The normalized spacial score (nSPS) is 10.4. The molecule has 2 aromatic rings. The van der Waals surface area contributed by atoms with Gasteiger partial charge in [-0.2, -0.15) is 0 Å². The predicted octanol–water partition coefficient (Wildman–Crippen LogP) is 1.67. The molecule has 3 heteroatoms. The van der Waals surface area contributed by atoms with Crippen LogP contribution in [0.1, 0.15) is 11.1 Å². The molecule has 0 amide bonds. The SMILES string of the molecule is Cc1ccc(-n2ccnc2)cc1CO. The van der Waals surface area contributed by atoms with Crippen LogP contribution in [0, 0.1) is 6.92 Å². The fraction of sp³-hybridized carbons (Fsp3) is 0.182. The first-order valence-corrected chi connectivity index (χ1v) is 4.50. The highest BCUT2D eigenvalue weighted by Gasteiger charge is 2.00. The van der Waals surface area contributed by atoms with Crippen LogP contribution < -0.4 is 0 Å². The van der Waals surface area contributed by atoms with E-state index < -0.39 is 0 Å². The average Bonchev–Trinajstić information content (AvgIpc) is 2.71. The van der Waals surface area contributed by atoms with Gasteiger partial charge in [0.2, 0.25) is 0 Å². The fourth-order valence-electron chi connectivity index (χ4n) is 1.40. The molecule has 1 heterocycles. The third-order valence-electron chi connectivity index (χ3n) is 2.31. The second kappa shape index (κ2) is 3.64. The zero-order chi connectivity index (χ0) is 9.97. The van der Waals surface area contributed by atoms with Crippen LogP contribution in [-0.2, 0) is 6.61 Å². The maximum atomic E-state index is 9.12. The first-order chi connectivity index (χ1) is 6.81. The number of imidazole rings is 1. The molecular formula is C11H12N2O. The predicted molar refractivity (Wildman–Crippen MR) is 54.2 cm³/mol. The summed E-state index contributed by atoms with van der Waals surface area (Å²) in [5.74, 6) is 0. The Morgan fingerprint density at radius 2 is 2.29 bits per heavy atom. The lowest BCUT2D eigenvalue weighted by Crippen LogP contribution is -1.94. The highest BCUT2D eigenvalue weighted by atomic mass is 16.3. The van der Waals surface area contributed by atoms with Crippen LogP contribution >= 0.6 is 0 Å². The highest BCUT2D eigenvalue weighted by molar-refractivity contribution is 5.39. The molecule has 1 aromatic carbocycles. The van der Waals surface area contributed by atoms with E-state index in [9.17, 15) is 0 Å². The molecule has 0 fully saturated rings. The van der Waals surface area contributed by atoms with Crippen molar-refractivity contribution in [3.05, 3.63) is 48.0 Å². The molecule has 0 spiro atoms. The Kier molecular flexibility index (Phi) is 2.33. The van der Waals surface area contributed by atoms with Crippen LogP contribution in [0.5, 0.6) is 0 Å². The summed E-state index contributed by atoms with van der Waals surface area (Å²) in [7, 11) is 0. The second-order valence-electron chi connectivity index (χ2n) is 3.24. The smallest absolute Gasteiger partial charge is 0.0991 e. The van der Waals surface area contributed by atoms with Crippen LogP contribution in [0.4, 0.5) is 0 Å². The van der Waals surface area contributed by atoms with Crippen molar-refractivity contribution < 1.29 is 5.11 Å². The fourth-order valence-corrected chi connectivity index (χ4v) is 1.40. The van der Waals surface area contributed by atoms with Gasteiger partial charge in [-0.3, -0.25) is 0 Å². The average molecular weight is 188 g/mol. The Hall–Kier alpha value is -1.61. The molecule has 1 aromatic heterocycles. The van der Waals surface area contributed by atoms with Crippen LogP contribution in [0.25, 0.3) is 5.69 Å². The van der Waals surface area contributed by atoms with Crippen molar-refractivity contribution >= 4 is 0 Å². The van der Waals surface area contributed by atoms with Crippen molar-refractivity contribution in [3.63, 3.8) is 0 Å². The molecule has 0 saturated carbocycles. The van der Waals surface area contributed by atoms with Crippen molar-refractivity contribution in [1.29, 1.82) is 0 Å². The van der Waals surface area contributed by atoms with Gasteiger partial charge in [0.1, 0.15) is 0 Å². The summed E-state index contributed by atoms with van der Waals surface area (Å²) in [5.41, 5.74) is 3.09. The van der Waals surface area contributed by atoms with Crippen molar-refractivity contribution in [2.75, 3.05) is 0 Å². The number of rotatable bonds is 2. The van der Waals surface area contributed by atoms with Crippen molar-refractivity contribution in [2.24, 2.45) is 0 Å². The van der Waals surface area contributed by atoms with Crippen LogP contribution in [0.15, 0.2) is 36.9 Å². The van der Waals surface area contributed by atoms with Crippen LogP contribution in [0.3, 0.4) is 0 Å². The van der Waals surface area contributed by atoms with Gasteiger partial charge in [0.05, 0.1) is 12.9 Å². The number of aliphatic hydroxyl groups is 1. The molecule has 0 aliphatic heterocycles. The third kappa shape index (κ3) is 1.54. The van der Waals surface area contributed by atoms with Gasteiger partial charge in [-0.1, -0.05) is 6.07 Å². The number of aromatic nitrogens is 2. The molecule has 1 N–H and O–H groups in total. The molecule has 0 radical (unpaired) electrons. The summed E-state index contributed by atoms with van der Waals surface area (Å²) >= 11 is 0. The summed E-state index contributed by atoms with van der Waals surface area (Å²) in [6, 6.07) is 5.98. The van der Waals surface area contributed by atoms with E-state index in [1.165, 1.54) is 0 Å². The number of aryl methyl sites for hydroxylation is 1. The summed E-state index contributed by atoms with van der Waals surface area (Å²) < 4.78 is 1.92. The number of aliphatic hydroxyl groups excluding tert-OH is 1. The molecule has 0 saturated heterocycles. The minimum Gasteiger partial charge on any atom is -0.392 e. The molecule has 3 nitrogen and oxygen atoms in total. The Labute approximate surface area is 82.7 Å². The Bertz CT molecular complexity index is 421. The molecule has 2 rings (SSSR count). The first kappa shape index (κ1) is 8.97. The van der Waals surface area contributed by atoms with E-state index in [4.69, 9.17) is 5.11 Å². The molecule has 14 heavy (non-hydrogen) atoms. The summed E-state index contributed by atoms with van der Waals surface area (Å²) in [6.07, 6.45) is 5.36. The molecule has 0 aliphatic rings. The van der Waals surface area contributed by atoms with Crippen molar-refractivity contribution in [1.82, 2.24) is 9.55 Å². The molecule has 0 aliphatic carbocycles. The van der Waals surface area contributed by atoms with E-state index in [1.54, 1.807) is 12.5 Å². The molecule has 0 atom stereocenters. The van der Waals surface area contributed by atoms with Gasteiger partial charge in [-0.05, 0) is 30.2 Å². The quantitative estimate of drug-likeness (QED) is 0.778. The van der Waals surface area contributed by atoms with Gasteiger partial charge >= 0.3 is 0 Å². The van der Waals surface area contributed by atoms with Gasteiger partial charge in [0.15, 0.2) is 0 Å². The van der Waals surface area contributed by atoms with Crippen molar-refractivity contribution in [2.45, 2.75) is 13.5 Å².